The predicted octanol–water partition coefficient (Wildman–Crippen LogP) is 4.73. The maximum absolute atomic E-state index is 14.4. The molecule has 0 unspecified atom stereocenters. The zero-order valence-corrected chi connectivity index (χ0v) is 17.4. The van der Waals surface area contributed by atoms with Gasteiger partial charge in [-0.05, 0) is 27.8 Å². The van der Waals surface area contributed by atoms with E-state index < -0.39 is 10.8 Å². The van der Waals surface area contributed by atoms with Gasteiger partial charge in [-0.1, -0.05) is 103 Å². The van der Waals surface area contributed by atoms with Gasteiger partial charge in [0, 0.05) is 11.8 Å². The Balaban J connectivity index is 1.53. The Kier molecular flexibility index (Phi) is 3.33. The van der Waals surface area contributed by atoms with Gasteiger partial charge in [0.05, 0.1) is 6.54 Å². The molecule has 0 aromatic heterocycles. The lowest BCUT2D eigenvalue weighted by Crippen LogP contribution is -2.73. The van der Waals surface area contributed by atoms with Gasteiger partial charge in [-0.15, -0.1) is 0 Å². The first-order chi connectivity index (χ1) is 15.7. The molecule has 154 valence electrons. The molecule has 2 spiro atoms. The smallest absolute Gasteiger partial charge is 0.242 e. The zero-order valence-electron chi connectivity index (χ0n) is 17.4. The third-order valence-electron chi connectivity index (χ3n) is 8.09. The fourth-order valence-corrected chi connectivity index (χ4v) is 6.98. The first-order valence-corrected chi connectivity index (χ1v) is 11.2. The number of hydrogen-bond acceptors (Lipinski definition) is 2. The second-order valence-corrected chi connectivity index (χ2v) is 9.24. The van der Waals surface area contributed by atoms with Crippen LogP contribution in [0.15, 0.2) is 91.0 Å². The van der Waals surface area contributed by atoms with Crippen LogP contribution in [0, 0.1) is 11.8 Å². The van der Waals surface area contributed by atoms with Gasteiger partial charge in [-0.25, -0.2) is 0 Å². The molecule has 2 amide bonds. The van der Waals surface area contributed by atoms with Gasteiger partial charge in [0.25, 0.3) is 0 Å². The first kappa shape index (κ1) is 17.9. The van der Waals surface area contributed by atoms with Crippen LogP contribution in [-0.2, 0) is 27.0 Å². The quantitative estimate of drug-likeness (QED) is 0.568. The number of carbonyl (C=O) groups is 2. The highest BCUT2D eigenvalue weighted by Gasteiger charge is 2.84. The SMILES string of the molecule is O=C1N(Cc2ccccc2)C(=O)[C@]23c4ccccc4C=C[C@H]2[C@H]2C=Cc4ccccc4[C@@]123. The van der Waals surface area contributed by atoms with Crippen molar-refractivity contribution in [2.24, 2.45) is 11.8 Å². The summed E-state index contributed by atoms with van der Waals surface area (Å²) in [4.78, 5) is 30.4. The molecule has 3 aromatic carbocycles. The van der Waals surface area contributed by atoms with Crippen LogP contribution < -0.4 is 0 Å². The standard InChI is InChI=1S/C29H21NO2/c31-26-28-22-12-6-4-10-20(22)14-16-24(28)25-17-15-21-11-5-7-13-23(21)29(25,28)27(32)30(26)18-19-8-2-1-3-9-19/h1-17,24-25H,18H2/t24-,25+,28-,29-/m0/s1. The molecule has 32 heavy (non-hydrogen) atoms. The molecule has 7 rings (SSSR count). The Labute approximate surface area is 186 Å². The molecule has 3 aliphatic carbocycles. The van der Waals surface area contributed by atoms with Crippen molar-refractivity contribution in [1.29, 1.82) is 0 Å². The van der Waals surface area contributed by atoms with Crippen LogP contribution in [0.2, 0.25) is 0 Å². The van der Waals surface area contributed by atoms with Gasteiger partial charge in [-0.3, -0.25) is 14.5 Å². The fraction of sp³-hybridized carbons (Fsp3) is 0.172. The summed E-state index contributed by atoms with van der Waals surface area (Å²) >= 11 is 0. The molecule has 0 radical (unpaired) electrons. The van der Waals surface area contributed by atoms with Crippen LogP contribution in [0.25, 0.3) is 12.2 Å². The largest absolute Gasteiger partial charge is 0.276 e. The van der Waals surface area contributed by atoms with E-state index in [1.54, 1.807) is 0 Å². The molecule has 4 atom stereocenters. The minimum Gasteiger partial charge on any atom is -0.276 e. The molecule has 0 bridgehead atoms. The van der Waals surface area contributed by atoms with E-state index in [1.807, 2.05) is 54.6 Å². The van der Waals surface area contributed by atoms with Gasteiger partial charge >= 0.3 is 0 Å². The molecule has 3 aromatic rings. The molecular formula is C29H21NO2. The van der Waals surface area contributed by atoms with Crippen molar-refractivity contribution in [2.45, 2.75) is 17.4 Å². The maximum atomic E-state index is 14.4. The lowest BCUT2D eigenvalue weighted by atomic mass is 9.33. The summed E-state index contributed by atoms with van der Waals surface area (Å²) in [6, 6.07) is 26.0. The average Bonchev–Trinajstić information content (AvgIpc) is 2.96. The van der Waals surface area contributed by atoms with Crippen LogP contribution in [0.1, 0.15) is 27.8 Å². The molecule has 0 N–H and O–H groups in total. The fourth-order valence-electron chi connectivity index (χ4n) is 6.98. The van der Waals surface area contributed by atoms with Gasteiger partial charge in [0.2, 0.25) is 11.8 Å². The number of allylic oxidation sites excluding steroid dienone is 2. The number of hydrogen-bond donors (Lipinski definition) is 0. The van der Waals surface area contributed by atoms with E-state index in [-0.39, 0.29) is 23.7 Å². The number of benzene rings is 3. The van der Waals surface area contributed by atoms with Crippen molar-refractivity contribution < 1.29 is 9.59 Å². The van der Waals surface area contributed by atoms with Crippen molar-refractivity contribution >= 4 is 24.0 Å². The number of rotatable bonds is 2. The molecule has 1 saturated carbocycles. The van der Waals surface area contributed by atoms with Crippen LogP contribution in [-0.4, -0.2) is 16.7 Å². The summed E-state index contributed by atoms with van der Waals surface area (Å²) in [7, 11) is 0. The Morgan fingerprint density at radius 1 is 0.625 bits per heavy atom. The average molecular weight is 415 g/mol. The molecule has 1 saturated heterocycles. The summed E-state index contributed by atoms with van der Waals surface area (Å²) < 4.78 is 0. The maximum Gasteiger partial charge on any atom is 0.242 e. The Bertz CT molecular complexity index is 1290. The van der Waals surface area contributed by atoms with Crippen molar-refractivity contribution in [1.82, 2.24) is 4.90 Å². The van der Waals surface area contributed by atoms with Gasteiger partial charge < -0.3 is 0 Å². The van der Waals surface area contributed by atoms with E-state index in [0.29, 0.717) is 6.54 Å². The van der Waals surface area contributed by atoms with E-state index in [4.69, 9.17) is 0 Å². The minimum atomic E-state index is -0.893. The second kappa shape index (κ2) is 5.95. The van der Waals surface area contributed by atoms with Gasteiger partial charge in [0.15, 0.2) is 0 Å². The molecule has 1 heterocycles. The highest BCUT2D eigenvalue weighted by Crippen LogP contribution is 2.74. The summed E-state index contributed by atoms with van der Waals surface area (Å²) in [5.74, 6) is -0.178. The number of imide groups is 1. The number of likely N-dealkylation sites (tertiary alicyclic amines) is 1. The first-order valence-electron chi connectivity index (χ1n) is 11.2. The Morgan fingerprint density at radius 3 is 1.62 bits per heavy atom. The predicted molar refractivity (Wildman–Crippen MR) is 123 cm³/mol. The third kappa shape index (κ3) is 1.77. The molecule has 1 aliphatic heterocycles. The van der Waals surface area contributed by atoms with Crippen molar-refractivity contribution in [2.75, 3.05) is 0 Å². The third-order valence-corrected chi connectivity index (χ3v) is 8.09. The normalized spacial score (nSPS) is 30.7. The molecule has 2 fully saturated rings. The molecular weight excluding hydrogens is 394 g/mol. The minimum absolute atomic E-state index is 0.0285. The van der Waals surface area contributed by atoms with Crippen LogP contribution >= 0.6 is 0 Å². The van der Waals surface area contributed by atoms with Crippen LogP contribution in [0.4, 0.5) is 0 Å². The lowest BCUT2D eigenvalue weighted by molar-refractivity contribution is -0.141. The van der Waals surface area contributed by atoms with Crippen molar-refractivity contribution in [3.05, 3.63) is 119 Å². The second-order valence-electron chi connectivity index (χ2n) is 9.24. The number of carbonyl (C=O) groups excluding carboxylic acids is 2. The molecule has 3 nitrogen and oxygen atoms in total. The van der Waals surface area contributed by atoms with E-state index in [0.717, 1.165) is 27.8 Å². The van der Waals surface area contributed by atoms with E-state index in [1.165, 1.54) is 4.90 Å². The summed E-state index contributed by atoms with van der Waals surface area (Å²) in [6.45, 7) is 0.305. The van der Waals surface area contributed by atoms with E-state index in [9.17, 15) is 9.59 Å². The number of nitrogens with zero attached hydrogens (tertiary/aromatic N) is 1. The highest BCUT2D eigenvalue weighted by atomic mass is 16.2. The summed E-state index contributed by atoms with van der Waals surface area (Å²) in [5, 5.41) is 0. The Morgan fingerprint density at radius 2 is 1.09 bits per heavy atom. The van der Waals surface area contributed by atoms with E-state index in [2.05, 4.69) is 48.6 Å². The zero-order chi connectivity index (χ0) is 21.5. The monoisotopic (exact) mass is 415 g/mol. The molecule has 3 heteroatoms. The van der Waals surface area contributed by atoms with Crippen LogP contribution in [0.5, 0.6) is 0 Å². The van der Waals surface area contributed by atoms with E-state index >= 15 is 0 Å². The van der Waals surface area contributed by atoms with Gasteiger partial charge in [-0.2, -0.15) is 0 Å². The highest BCUT2D eigenvalue weighted by molar-refractivity contribution is 6.20. The number of fused-ring (bicyclic) bond motifs is 3. The topological polar surface area (TPSA) is 37.4 Å². The number of amides is 2. The van der Waals surface area contributed by atoms with Gasteiger partial charge in [0.1, 0.15) is 10.8 Å². The van der Waals surface area contributed by atoms with Crippen molar-refractivity contribution in [3.63, 3.8) is 0 Å². The molecule has 4 aliphatic rings. The Hall–Kier alpha value is -3.72. The van der Waals surface area contributed by atoms with Crippen molar-refractivity contribution in [3.8, 4) is 0 Å². The summed E-state index contributed by atoms with van der Waals surface area (Å²) in [5.41, 5.74) is 3.24. The summed E-state index contributed by atoms with van der Waals surface area (Å²) in [6.07, 6.45) is 8.59. The lowest BCUT2D eigenvalue weighted by Gasteiger charge is -2.64. The van der Waals surface area contributed by atoms with Crippen LogP contribution in [0.3, 0.4) is 0 Å².